The van der Waals surface area contributed by atoms with Gasteiger partial charge in [-0.25, -0.2) is 4.39 Å². The molecule has 1 fully saturated rings. The highest BCUT2D eigenvalue weighted by Crippen LogP contribution is 2.32. The van der Waals surface area contributed by atoms with Crippen LogP contribution in [0.4, 0.5) is 4.39 Å². The average molecular weight is 333 g/mol. The second-order valence-corrected chi connectivity index (χ2v) is 6.85. The summed E-state index contributed by atoms with van der Waals surface area (Å²) in [6.07, 6.45) is 1.17. The van der Waals surface area contributed by atoms with Crippen LogP contribution in [0.3, 0.4) is 0 Å². The number of rotatable bonds is 6. The van der Waals surface area contributed by atoms with Crippen molar-refractivity contribution in [2.75, 3.05) is 6.54 Å². The predicted molar refractivity (Wildman–Crippen MR) is 88.8 cm³/mol. The molecule has 3 nitrogen and oxygen atoms in total. The van der Waals surface area contributed by atoms with Crippen molar-refractivity contribution >= 4 is 17.2 Å². The summed E-state index contributed by atoms with van der Waals surface area (Å²) in [5, 5.41) is 14.4. The second-order valence-electron chi connectivity index (χ2n) is 6.07. The minimum Gasteiger partial charge on any atom is -0.387 e. The van der Waals surface area contributed by atoms with E-state index >= 15 is 0 Å². The highest BCUT2D eigenvalue weighted by molar-refractivity contribution is 7.08. The van der Waals surface area contributed by atoms with E-state index in [0.717, 1.165) is 18.4 Å². The SMILES string of the molecule is CC(C(=O)N(CC(O)c1ccc(F)cc1)C1CC1)c1ccsc1. The molecular weight excluding hydrogens is 313 g/mol. The van der Waals surface area contributed by atoms with Crippen molar-refractivity contribution < 1.29 is 14.3 Å². The number of aliphatic hydroxyl groups is 1. The van der Waals surface area contributed by atoms with Gasteiger partial charge in [-0.3, -0.25) is 4.79 Å². The first-order valence-corrected chi connectivity index (χ1v) is 8.76. The molecule has 5 heteroatoms. The summed E-state index contributed by atoms with van der Waals surface area (Å²) in [4.78, 5) is 14.6. The molecule has 122 valence electrons. The molecule has 3 rings (SSSR count). The first-order chi connectivity index (χ1) is 11.1. The van der Waals surface area contributed by atoms with Gasteiger partial charge in [-0.05, 0) is 59.9 Å². The maximum absolute atomic E-state index is 13.0. The smallest absolute Gasteiger partial charge is 0.230 e. The number of benzene rings is 1. The zero-order chi connectivity index (χ0) is 16.4. The van der Waals surface area contributed by atoms with E-state index in [-0.39, 0.29) is 30.2 Å². The molecule has 2 atom stereocenters. The van der Waals surface area contributed by atoms with Crippen molar-refractivity contribution in [3.8, 4) is 0 Å². The zero-order valence-corrected chi connectivity index (χ0v) is 13.8. The molecule has 1 aromatic heterocycles. The third-order valence-electron chi connectivity index (χ3n) is 4.31. The van der Waals surface area contributed by atoms with Gasteiger partial charge in [0, 0.05) is 6.04 Å². The van der Waals surface area contributed by atoms with Crippen LogP contribution in [-0.4, -0.2) is 28.5 Å². The van der Waals surface area contributed by atoms with Crippen LogP contribution in [0.5, 0.6) is 0 Å². The predicted octanol–water partition coefficient (Wildman–Crippen LogP) is 3.72. The van der Waals surface area contributed by atoms with E-state index in [1.807, 2.05) is 23.8 Å². The van der Waals surface area contributed by atoms with Crippen molar-refractivity contribution in [2.45, 2.75) is 37.8 Å². The lowest BCUT2D eigenvalue weighted by Crippen LogP contribution is -2.39. The van der Waals surface area contributed by atoms with Crippen LogP contribution in [0.15, 0.2) is 41.1 Å². The summed E-state index contributed by atoms with van der Waals surface area (Å²) < 4.78 is 13.0. The monoisotopic (exact) mass is 333 g/mol. The van der Waals surface area contributed by atoms with Gasteiger partial charge >= 0.3 is 0 Å². The van der Waals surface area contributed by atoms with E-state index in [0.29, 0.717) is 5.56 Å². The molecule has 1 amide bonds. The van der Waals surface area contributed by atoms with Crippen molar-refractivity contribution in [1.82, 2.24) is 4.90 Å². The Morgan fingerprint density at radius 3 is 2.57 bits per heavy atom. The van der Waals surface area contributed by atoms with Crippen LogP contribution in [-0.2, 0) is 4.79 Å². The van der Waals surface area contributed by atoms with Crippen LogP contribution in [0.1, 0.15) is 42.9 Å². The van der Waals surface area contributed by atoms with Crippen LogP contribution in [0.2, 0.25) is 0 Å². The molecule has 23 heavy (non-hydrogen) atoms. The van der Waals surface area contributed by atoms with Crippen LogP contribution >= 0.6 is 11.3 Å². The van der Waals surface area contributed by atoms with Gasteiger partial charge in [0.1, 0.15) is 5.82 Å². The summed E-state index contributed by atoms with van der Waals surface area (Å²) in [6, 6.07) is 7.98. The highest BCUT2D eigenvalue weighted by atomic mass is 32.1. The zero-order valence-electron chi connectivity index (χ0n) is 13.0. The van der Waals surface area contributed by atoms with E-state index < -0.39 is 6.10 Å². The number of hydrogen-bond donors (Lipinski definition) is 1. The van der Waals surface area contributed by atoms with Crippen LogP contribution < -0.4 is 0 Å². The number of thiophene rings is 1. The van der Waals surface area contributed by atoms with Gasteiger partial charge in [-0.15, -0.1) is 0 Å². The fourth-order valence-corrected chi connectivity index (χ4v) is 3.45. The summed E-state index contributed by atoms with van der Waals surface area (Å²) in [6.45, 7) is 2.16. The van der Waals surface area contributed by atoms with E-state index in [4.69, 9.17) is 0 Å². The Morgan fingerprint density at radius 2 is 2.00 bits per heavy atom. The van der Waals surface area contributed by atoms with Crippen molar-refractivity contribution in [1.29, 1.82) is 0 Å². The molecule has 0 spiro atoms. The topological polar surface area (TPSA) is 40.5 Å². The third kappa shape index (κ3) is 3.79. The Balaban J connectivity index is 1.71. The van der Waals surface area contributed by atoms with Gasteiger partial charge < -0.3 is 10.0 Å². The van der Waals surface area contributed by atoms with Gasteiger partial charge in [-0.1, -0.05) is 12.1 Å². The Labute approximate surface area is 139 Å². The molecular formula is C18H20FNO2S. The molecule has 1 saturated carbocycles. The molecule has 2 aromatic rings. The molecule has 1 aliphatic rings. The summed E-state index contributed by atoms with van der Waals surface area (Å²) >= 11 is 1.58. The minimum absolute atomic E-state index is 0.0482. The van der Waals surface area contributed by atoms with Crippen molar-refractivity contribution in [3.05, 3.63) is 58.0 Å². The van der Waals surface area contributed by atoms with E-state index in [2.05, 4.69) is 0 Å². The maximum atomic E-state index is 13.0. The standard InChI is InChI=1S/C18H20FNO2S/c1-12(14-8-9-23-11-14)18(22)20(16-6-7-16)10-17(21)13-2-4-15(19)5-3-13/h2-5,8-9,11-12,16-17,21H,6-7,10H2,1H3. The Hall–Kier alpha value is -1.72. The summed E-state index contributed by atoms with van der Waals surface area (Å²) in [5.41, 5.74) is 1.65. The lowest BCUT2D eigenvalue weighted by Gasteiger charge is -2.28. The van der Waals surface area contributed by atoms with E-state index in [1.165, 1.54) is 12.1 Å². The van der Waals surface area contributed by atoms with Crippen molar-refractivity contribution in [3.63, 3.8) is 0 Å². The molecule has 1 aliphatic carbocycles. The Morgan fingerprint density at radius 1 is 1.30 bits per heavy atom. The number of nitrogens with zero attached hydrogens (tertiary/aromatic N) is 1. The Bertz CT molecular complexity index is 652. The normalized spacial score (nSPS) is 16.8. The Kier molecular flexibility index (Phi) is 4.78. The van der Waals surface area contributed by atoms with E-state index in [1.54, 1.807) is 28.4 Å². The fraction of sp³-hybridized carbons (Fsp3) is 0.389. The minimum atomic E-state index is -0.796. The molecule has 1 N–H and O–H groups in total. The highest BCUT2D eigenvalue weighted by Gasteiger charge is 2.36. The number of amides is 1. The fourth-order valence-electron chi connectivity index (χ4n) is 2.69. The number of carbonyl (C=O) groups is 1. The molecule has 1 heterocycles. The molecule has 0 saturated heterocycles. The lowest BCUT2D eigenvalue weighted by molar-refractivity contribution is -0.134. The molecule has 0 radical (unpaired) electrons. The summed E-state index contributed by atoms with van der Waals surface area (Å²) in [7, 11) is 0. The molecule has 0 aliphatic heterocycles. The quantitative estimate of drug-likeness (QED) is 0.875. The lowest BCUT2D eigenvalue weighted by atomic mass is 10.0. The average Bonchev–Trinajstić information content (AvgIpc) is 3.25. The first-order valence-electron chi connectivity index (χ1n) is 7.82. The maximum Gasteiger partial charge on any atom is 0.230 e. The number of carbonyl (C=O) groups excluding carboxylic acids is 1. The number of aliphatic hydroxyl groups excluding tert-OH is 1. The largest absolute Gasteiger partial charge is 0.387 e. The van der Waals surface area contributed by atoms with Crippen molar-refractivity contribution in [2.24, 2.45) is 0 Å². The van der Waals surface area contributed by atoms with Gasteiger partial charge in [0.25, 0.3) is 0 Å². The van der Waals surface area contributed by atoms with E-state index in [9.17, 15) is 14.3 Å². The van der Waals surface area contributed by atoms with Gasteiger partial charge in [0.2, 0.25) is 5.91 Å². The summed E-state index contributed by atoms with van der Waals surface area (Å²) in [5.74, 6) is -0.489. The van der Waals surface area contributed by atoms with Gasteiger partial charge in [0.15, 0.2) is 0 Å². The van der Waals surface area contributed by atoms with Gasteiger partial charge in [-0.2, -0.15) is 11.3 Å². The molecule has 2 unspecified atom stereocenters. The molecule has 0 bridgehead atoms. The third-order valence-corrected chi connectivity index (χ3v) is 5.01. The molecule has 1 aromatic carbocycles. The van der Waals surface area contributed by atoms with Crippen LogP contribution in [0, 0.1) is 5.82 Å². The van der Waals surface area contributed by atoms with Gasteiger partial charge in [0.05, 0.1) is 18.6 Å². The number of hydrogen-bond acceptors (Lipinski definition) is 3. The second kappa shape index (κ2) is 6.81. The van der Waals surface area contributed by atoms with Crippen LogP contribution in [0.25, 0.3) is 0 Å². The number of halogens is 1. The first kappa shape index (κ1) is 16.1.